The van der Waals surface area contributed by atoms with Crippen LogP contribution in [0.3, 0.4) is 0 Å². The molecule has 2 aromatic rings. The molecule has 0 atom stereocenters. The largest absolute Gasteiger partial charge is 0.139 e. The molecule has 0 spiro atoms. The summed E-state index contributed by atoms with van der Waals surface area (Å²) in [7, 11) is 2.10. The van der Waals surface area contributed by atoms with E-state index in [9.17, 15) is 0 Å². The predicted octanol–water partition coefficient (Wildman–Crippen LogP) is 2.88. The molecule has 2 aromatic carbocycles. The van der Waals surface area contributed by atoms with Gasteiger partial charge in [-0.15, -0.1) is 0 Å². The van der Waals surface area contributed by atoms with E-state index in [0.29, 0.717) is 0 Å². The van der Waals surface area contributed by atoms with Crippen LogP contribution in [0, 0.1) is 0 Å². The van der Waals surface area contributed by atoms with Gasteiger partial charge in [0.1, 0.15) is 7.85 Å². The lowest BCUT2D eigenvalue weighted by atomic mass is 9.95. The Labute approximate surface area is 106 Å². The smallest absolute Gasteiger partial charge is 0.0889 e. The minimum absolute atomic E-state index is 1.11. The van der Waals surface area contributed by atoms with Crippen LogP contribution in [-0.2, 0) is 0 Å². The lowest BCUT2D eigenvalue weighted by molar-refractivity contribution is 1.61. The van der Waals surface area contributed by atoms with Crippen LogP contribution >= 0.6 is 15.9 Å². The fraction of sp³-hybridized carbons (Fsp3) is 0. The van der Waals surface area contributed by atoms with Gasteiger partial charge >= 0.3 is 0 Å². The average Bonchev–Trinajstić information content (AvgIpc) is 2.30. The second kappa shape index (κ2) is 5.17. The minimum Gasteiger partial charge on any atom is -0.0889 e. The summed E-state index contributed by atoms with van der Waals surface area (Å²) in [4.78, 5) is 0. The van der Waals surface area contributed by atoms with Crippen molar-refractivity contribution in [2.45, 2.75) is 0 Å². The quantitative estimate of drug-likeness (QED) is 0.582. The summed E-state index contributed by atoms with van der Waals surface area (Å²) in [5.41, 5.74) is 3.73. The van der Waals surface area contributed by atoms with E-state index in [-0.39, 0.29) is 0 Å². The van der Waals surface area contributed by atoms with Gasteiger partial charge in [-0.05, 0) is 23.3 Å². The maximum atomic E-state index is 3.43. The molecule has 0 unspecified atom stereocenters. The van der Waals surface area contributed by atoms with Crippen molar-refractivity contribution < 1.29 is 0 Å². The molecule has 2 heteroatoms. The Bertz CT molecular complexity index is 436. The Hall–Kier alpha value is -1.28. The van der Waals surface area contributed by atoms with Crippen LogP contribution in [-0.4, -0.2) is 7.85 Å². The molecule has 0 N–H and O–H groups in total. The molecule has 0 saturated carbocycles. The van der Waals surface area contributed by atoms with Crippen LogP contribution in [0.15, 0.2) is 53.0 Å². The molecule has 16 heavy (non-hydrogen) atoms. The fourth-order valence-corrected chi connectivity index (χ4v) is 1.71. The minimum atomic E-state index is 1.11. The van der Waals surface area contributed by atoms with E-state index >= 15 is 0 Å². The van der Waals surface area contributed by atoms with Gasteiger partial charge in [0.2, 0.25) is 0 Å². The van der Waals surface area contributed by atoms with Crippen LogP contribution in [0.25, 0.3) is 12.2 Å². The van der Waals surface area contributed by atoms with Gasteiger partial charge in [-0.1, -0.05) is 69.9 Å². The third kappa shape index (κ3) is 3.11. The Morgan fingerprint density at radius 1 is 0.750 bits per heavy atom. The fourth-order valence-electron chi connectivity index (χ4n) is 1.44. The van der Waals surface area contributed by atoms with Gasteiger partial charge < -0.3 is 0 Å². The SMILES string of the molecule is Bc1ccc(/C=C/c2ccc(Br)cc2)cc1. The first-order chi connectivity index (χ1) is 7.74. The molecular formula is C14H12BBr. The predicted molar refractivity (Wildman–Crippen MR) is 77.7 cm³/mol. The lowest BCUT2D eigenvalue weighted by Crippen LogP contribution is -1.98. The molecule has 0 saturated heterocycles. The molecule has 0 fully saturated rings. The van der Waals surface area contributed by atoms with E-state index in [0.717, 1.165) is 4.47 Å². The molecule has 0 nitrogen and oxygen atoms in total. The van der Waals surface area contributed by atoms with Crippen molar-refractivity contribution >= 4 is 41.4 Å². The van der Waals surface area contributed by atoms with E-state index in [1.807, 2.05) is 0 Å². The van der Waals surface area contributed by atoms with Crippen molar-refractivity contribution in [3.05, 3.63) is 64.1 Å². The molecule has 0 aliphatic heterocycles. The summed E-state index contributed by atoms with van der Waals surface area (Å²) in [6.45, 7) is 0. The molecule has 0 aliphatic carbocycles. The van der Waals surface area contributed by atoms with Crippen LogP contribution in [0.1, 0.15) is 11.1 Å². The van der Waals surface area contributed by atoms with Crippen LogP contribution in [0.4, 0.5) is 0 Å². The normalized spacial score (nSPS) is 10.8. The number of benzene rings is 2. The van der Waals surface area contributed by atoms with Gasteiger partial charge in [-0.3, -0.25) is 0 Å². The Balaban J connectivity index is 2.15. The monoisotopic (exact) mass is 270 g/mol. The zero-order chi connectivity index (χ0) is 11.4. The summed E-state index contributed by atoms with van der Waals surface area (Å²) in [5.74, 6) is 0. The summed E-state index contributed by atoms with van der Waals surface area (Å²) in [5, 5.41) is 0. The number of rotatable bonds is 2. The summed E-state index contributed by atoms with van der Waals surface area (Å²) in [6.07, 6.45) is 4.25. The van der Waals surface area contributed by atoms with Crippen LogP contribution < -0.4 is 5.46 Å². The van der Waals surface area contributed by atoms with Crippen molar-refractivity contribution in [1.82, 2.24) is 0 Å². The second-order valence-electron chi connectivity index (χ2n) is 3.80. The highest BCUT2D eigenvalue weighted by Crippen LogP contribution is 2.12. The average molecular weight is 271 g/mol. The molecule has 78 valence electrons. The Kier molecular flexibility index (Phi) is 3.63. The third-order valence-electron chi connectivity index (χ3n) is 2.42. The molecule has 0 bridgehead atoms. The van der Waals surface area contributed by atoms with Crippen molar-refractivity contribution in [3.8, 4) is 0 Å². The van der Waals surface area contributed by atoms with E-state index in [2.05, 4.69) is 84.5 Å². The molecule has 0 aliphatic rings. The standard InChI is InChI=1S/C14H12BBr/c15-13-7-3-11(4-8-13)1-2-12-5-9-14(16)10-6-12/h1-10H,15H2/b2-1+. The Morgan fingerprint density at radius 3 is 1.69 bits per heavy atom. The van der Waals surface area contributed by atoms with E-state index < -0.39 is 0 Å². The first-order valence-electron chi connectivity index (χ1n) is 5.24. The molecular weight excluding hydrogens is 259 g/mol. The van der Waals surface area contributed by atoms with Gasteiger partial charge in [0.25, 0.3) is 0 Å². The summed E-state index contributed by atoms with van der Waals surface area (Å²) >= 11 is 3.43. The molecule has 0 heterocycles. The molecule has 2 rings (SSSR count). The summed E-state index contributed by atoms with van der Waals surface area (Å²) < 4.78 is 1.11. The van der Waals surface area contributed by atoms with E-state index in [1.54, 1.807) is 0 Å². The maximum Gasteiger partial charge on any atom is 0.139 e. The molecule has 0 aromatic heterocycles. The number of hydrogen-bond donors (Lipinski definition) is 0. The first-order valence-corrected chi connectivity index (χ1v) is 6.04. The number of halogens is 1. The maximum absolute atomic E-state index is 3.43. The van der Waals surface area contributed by atoms with Gasteiger partial charge in [0, 0.05) is 4.47 Å². The first kappa shape index (κ1) is 11.2. The zero-order valence-corrected chi connectivity index (χ0v) is 10.7. The van der Waals surface area contributed by atoms with Gasteiger partial charge in [-0.25, -0.2) is 0 Å². The highest BCUT2D eigenvalue weighted by atomic mass is 79.9. The second-order valence-corrected chi connectivity index (χ2v) is 4.71. The third-order valence-corrected chi connectivity index (χ3v) is 2.94. The van der Waals surface area contributed by atoms with E-state index in [4.69, 9.17) is 0 Å². The highest BCUT2D eigenvalue weighted by molar-refractivity contribution is 9.10. The van der Waals surface area contributed by atoms with Gasteiger partial charge in [0.15, 0.2) is 0 Å². The zero-order valence-electron chi connectivity index (χ0n) is 9.15. The van der Waals surface area contributed by atoms with Crippen molar-refractivity contribution in [2.24, 2.45) is 0 Å². The Morgan fingerprint density at radius 2 is 1.19 bits per heavy atom. The van der Waals surface area contributed by atoms with Crippen molar-refractivity contribution in [2.75, 3.05) is 0 Å². The highest BCUT2D eigenvalue weighted by Gasteiger charge is 1.89. The topological polar surface area (TPSA) is 0 Å². The van der Waals surface area contributed by atoms with Gasteiger partial charge in [-0.2, -0.15) is 0 Å². The van der Waals surface area contributed by atoms with Gasteiger partial charge in [0.05, 0.1) is 0 Å². The van der Waals surface area contributed by atoms with Crippen molar-refractivity contribution in [1.29, 1.82) is 0 Å². The summed E-state index contributed by atoms with van der Waals surface area (Å²) in [6, 6.07) is 16.8. The van der Waals surface area contributed by atoms with Crippen LogP contribution in [0.2, 0.25) is 0 Å². The van der Waals surface area contributed by atoms with E-state index in [1.165, 1.54) is 16.6 Å². The molecule has 0 amide bonds. The molecule has 0 radical (unpaired) electrons. The lowest BCUT2D eigenvalue weighted by Gasteiger charge is -1.96. The number of hydrogen-bond acceptors (Lipinski definition) is 0. The van der Waals surface area contributed by atoms with Crippen LogP contribution in [0.5, 0.6) is 0 Å². The van der Waals surface area contributed by atoms with Crippen molar-refractivity contribution in [3.63, 3.8) is 0 Å².